The molecule has 3 aliphatic rings. The van der Waals surface area contributed by atoms with E-state index >= 15 is 0 Å². The Labute approximate surface area is 152 Å². The summed E-state index contributed by atoms with van der Waals surface area (Å²) in [5.41, 5.74) is 1.97. The second-order valence-corrected chi connectivity index (χ2v) is 8.16. The number of hydrogen-bond acceptors (Lipinski definition) is 6. The number of benzene rings is 1. The smallest absolute Gasteiger partial charge is 0.218 e. The van der Waals surface area contributed by atoms with Gasteiger partial charge < -0.3 is 28.3 Å². The zero-order chi connectivity index (χ0) is 18.2. The number of aromatic nitrogens is 2. The van der Waals surface area contributed by atoms with Gasteiger partial charge >= 0.3 is 0 Å². The molecule has 4 atom stereocenters. The van der Waals surface area contributed by atoms with Crippen LogP contribution in [0.15, 0.2) is 30.6 Å². The van der Waals surface area contributed by atoms with E-state index in [1.807, 2.05) is 62.9 Å². The summed E-state index contributed by atoms with van der Waals surface area (Å²) in [6, 6.07) is 8.01. The van der Waals surface area contributed by atoms with E-state index in [-0.39, 0.29) is 18.3 Å². The van der Waals surface area contributed by atoms with Crippen molar-refractivity contribution in [3.63, 3.8) is 0 Å². The summed E-state index contributed by atoms with van der Waals surface area (Å²) in [5, 5.41) is 0. The Bertz CT molecular complexity index is 847. The van der Waals surface area contributed by atoms with E-state index in [1.165, 1.54) is 0 Å². The minimum absolute atomic E-state index is 0.167. The number of fused-ring (bicyclic) bond motifs is 4. The van der Waals surface area contributed by atoms with Crippen LogP contribution in [0.25, 0.3) is 11.0 Å². The maximum atomic E-state index is 6.31. The van der Waals surface area contributed by atoms with Gasteiger partial charge in [0.05, 0.1) is 30.5 Å². The van der Waals surface area contributed by atoms with Crippen LogP contribution in [0.2, 0.25) is 0 Å². The highest BCUT2D eigenvalue weighted by Crippen LogP contribution is 2.48. The summed E-state index contributed by atoms with van der Waals surface area (Å²) >= 11 is 0. The van der Waals surface area contributed by atoms with Gasteiger partial charge in [-0.1, -0.05) is 12.1 Å². The Hall–Kier alpha value is -1.51. The first-order valence-corrected chi connectivity index (χ1v) is 9.04. The van der Waals surface area contributed by atoms with Crippen molar-refractivity contribution in [3.05, 3.63) is 30.6 Å². The zero-order valence-corrected chi connectivity index (χ0v) is 15.5. The predicted octanol–water partition coefficient (Wildman–Crippen LogP) is 2.43. The first kappa shape index (κ1) is 16.6. The van der Waals surface area contributed by atoms with Crippen molar-refractivity contribution in [2.45, 2.75) is 69.9 Å². The molecule has 0 N–H and O–H groups in total. The number of rotatable bonds is 2. The predicted molar refractivity (Wildman–Crippen MR) is 92.3 cm³/mol. The van der Waals surface area contributed by atoms with Crippen molar-refractivity contribution < 1.29 is 23.7 Å². The monoisotopic (exact) mass is 360 g/mol. The van der Waals surface area contributed by atoms with E-state index in [2.05, 4.69) is 4.98 Å². The molecule has 0 amide bonds. The average Bonchev–Trinajstić information content (AvgIpc) is 3.18. The average molecular weight is 360 g/mol. The fourth-order valence-corrected chi connectivity index (χ4v) is 4.34. The third-order valence-electron chi connectivity index (χ3n) is 5.19. The Balaban J connectivity index is 1.53. The molecule has 3 saturated heterocycles. The van der Waals surface area contributed by atoms with Gasteiger partial charge in [-0.05, 0) is 39.8 Å². The van der Waals surface area contributed by atoms with Crippen molar-refractivity contribution in [2.24, 2.45) is 0 Å². The number of hydrogen-bond donors (Lipinski definition) is 0. The summed E-state index contributed by atoms with van der Waals surface area (Å²) in [6.45, 7) is 8.50. The molecular weight excluding hydrogens is 336 g/mol. The van der Waals surface area contributed by atoms with Gasteiger partial charge in [-0.2, -0.15) is 0 Å². The summed E-state index contributed by atoms with van der Waals surface area (Å²) in [4.78, 5) is 4.48. The first-order chi connectivity index (χ1) is 12.3. The number of ether oxygens (including phenoxy) is 5. The van der Waals surface area contributed by atoms with E-state index in [1.54, 1.807) is 0 Å². The number of para-hydroxylation sites is 2. The van der Waals surface area contributed by atoms with Crippen LogP contribution in [0.4, 0.5) is 0 Å². The van der Waals surface area contributed by atoms with Crippen molar-refractivity contribution in [2.75, 3.05) is 6.61 Å². The van der Waals surface area contributed by atoms with Crippen molar-refractivity contribution in [3.8, 4) is 0 Å². The van der Waals surface area contributed by atoms with Gasteiger partial charge in [0, 0.05) is 0 Å². The van der Waals surface area contributed by atoms with Gasteiger partial charge in [-0.15, -0.1) is 0 Å². The minimum atomic E-state index is -0.947. The second-order valence-electron chi connectivity index (χ2n) is 8.16. The molecule has 0 unspecified atom stereocenters. The highest BCUT2D eigenvalue weighted by molar-refractivity contribution is 5.74. The molecule has 0 radical (unpaired) electrons. The molecule has 3 aliphatic heterocycles. The summed E-state index contributed by atoms with van der Waals surface area (Å²) in [7, 11) is 0. The van der Waals surface area contributed by atoms with Crippen molar-refractivity contribution >= 4 is 11.0 Å². The van der Waals surface area contributed by atoms with E-state index < -0.39 is 17.4 Å². The third-order valence-corrected chi connectivity index (χ3v) is 5.19. The first-order valence-electron chi connectivity index (χ1n) is 9.04. The van der Waals surface area contributed by atoms with Crippen LogP contribution in [-0.4, -0.2) is 51.8 Å². The number of nitrogens with zero attached hydrogens (tertiary/aromatic N) is 2. The summed E-state index contributed by atoms with van der Waals surface area (Å²) in [5.74, 6) is -2.38. The van der Waals surface area contributed by atoms with Crippen LogP contribution < -0.4 is 0 Å². The molecule has 0 aliphatic carbocycles. The molecule has 7 heteroatoms. The van der Waals surface area contributed by atoms with Crippen LogP contribution in [0, 0.1) is 0 Å². The Morgan fingerprint density at radius 1 is 1.08 bits per heavy atom. The van der Waals surface area contributed by atoms with Gasteiger partial charge in [-0.3, -0.25) is 0 Å². The van der Waals surface area contributed by atoms with Gasteiger partial charge in [0.25, 0.3) is 0 Å². The van der Waals surface area contributed by atoms with Crippen LogP contribution >= 0.6 is 0 Å². The van der Waals surface area contributed by atoms with E-state index in [4.69, 9.17) is 23.7 Å². The van der Waals surface area contributed by atoms with E-state index in [9.17, 15) is 0 Å². The number of imidazole rings is 1. The van der Waals surface area contributed by atoms with E-state index in [0.29, 0.717) is 13.2 Å². The Morgan fingerprint density at radius 3 is 2.73 bits per heavy atom. The molecule has 0 bridgehead atoms. The maximum absolute atomic E-state index is 6.31. The maximum Gasteiger partial charge on any atom is 0.218 e. The lowest BCUT2D eigenvalue weighted by Gasteiger charge is -2.40. The van der Waals surface area contributed by atoms with Crippen LogP contribution in [-0.2, 0) is 30.2 Å². The molecule has 0 saturated carbocycles. The lowest BCUT2D eigenvalue weighted by Crippen LogP contribution is -2.60. The van der Waals surface area contributed by atoms with Crippen LogP contribution in [0.3, 0.4) is 0 Å². The van der Waals surface area contributed by atoms with Gasteiger partial charge in [-0.25, -0.2) is 4.98 Å². The molecule has 5 rings (SSSR count). The summed E-state index contributed by atoms with van der Waals surface area (Å²) < 4.78 is 33.0. The fourth-order valence-electron chi connectivity index (χ4n) is 4.34. The molecular formula is C19H24N2O5. The molecule has 2 aromatic rings. The Kier molecular flexibility index (Phi) is 3.37. The Morgan fingerprint density at radius 2 is 1.88 bits per heavy atom. The molecule has 3 fully saturated rings. The molecule has 26 heavy (non-hydrogen) atoms. The largest absolute Gasteiger partial charge is 0.343 e. The van der Waals surface area contributed by atoms with Crippen molar-refractivity contribution in [1.82, 2.24) is 9.55 Å². The highest BCUT2D eigenvalue weighted by atomic mass is 16.9. The molecule has 7 nitrogen and oxygen atoms in total. The molecule has 1 aromatic carbocycles. The molecule has 4 heterocycles. The quantitative estimate of drug-likeness (QED) is 0.820. The van der Waals surface area contributed by atoms with Gasteiger partial charge in [0.1, 0.15) is 18.3 Å². The van der Waals surface area contributed by atoms with Crippen molar-refractivity contribution in [1.29, 1.82) is 0 Å². The molecule has 1 aromatic heterocycles. The molecule has 140 valence electrons. The zero-order valence-electron chi connectivity index (χ0n) is 15.5. The molecule has 0 spiro atoms. The van der Waals surface area contributed by atoms with Gasteiger partial charge in [0.2, 0.25) is 5.79 Å². The summed E-state index contributed by atoms with van der Waals surface area (Å²) in [6.07, 6.45) is 1.02. The topological polar surface area (TPSA) is 64.0 Å². The van der Waals surface area contributed by atoms with Gasteiger partial charge in [0.15, 0.2) is 11.6 Å². The highest BCUT2D eigenvalue weighted by Gasteiger charge is 2.65. The lowest BCUT2D eigenvalue weighted by atomic mass is 9.97. The van der Waals surface area contributed by atoms with Crippen LogP contribution in [0.1, 0.15) is 27.7 Å². The van der Waals surface area contributed by atoms with E-state index in [0.717, 1.165) is 11.0 Å². The third kappa shape index (κ3) is 2.50. The minimum Gasteiger partial charge on any atom is -0.343 e. The lowest BCUT2D eigenvalue weighted by molar-refractivity contribution is -0.286. The SMILES string of the molecule is CC1(C)O[C@@H]2[C@@H](CO[C@@]3(Cn4cnc5ccccc54)OC(C)(C)O[C@@H]23)O1. The fraction of sp³-hybridized carbons (Fsp3) is 0.632. The normalized spacial score (nSPS) is 37.6. The standard InChI is InChI=1S/C19H24N2O5/c1-17(2)23-14-9-22-19(16(15(14)24-17)25-18(3,4)26-19)10-21-11-20-12-7-5-6-8-13(12)21/h5-8,11,14-16H,9-10H2,1-4H3/t14-,15-,16+,19+/m1/s1. The second kappa shape index (κ2) is 5.27. The van der Waals surface area contributed by atoms with Crippen LogP contribution in [0.5, 0.6) is 0 Å².